The van der Waals surface area contributed by atoms with Crippen LogP contribution >= 0.6 is 0 Å². The highest BCUT2D eigenvalue weighted by Crippen LogP contribution is 2.18. The molecule has 0 fully saturated rings. The lowest BCUT2D eigenvalue weighted by atomic mass is 10.1. The number of anilines is 1. The lowest BCUT2D eigenvalue weighted by Crippen LogP contribution is -2.01. The van der Waals surface area contributed by atoms with Crippen molar-refractivity contribution >= 4 is 16.5 Å². The van der Waals surface area contributed by atoms with Gasteiger partial charge in [-0.3, -0.25) is 0 Å². The van der Waals surface area contributed by atoms with Crippen molar-refractivity contribution < 1.29 is 4.42 Å². The van der Waals surface area contributed by atoms with Crippen molar-refractivity contribution in [2.45, 2.75) is 6.92 Å². The Balaban J connectivity index is 3.03. The predicted molar refractivity (Wildman–Crippen MR) is 51.6 cm³/mol. The molecule has 2 N–H and O–H groups in total. The van der Waals surface area contributed by atoms with Crippen LogP contribution < -0.4 is 11.4 Å². The maximum atomic E-state index is 11.3. The molecule has 0 aliphatic carbocycles. The molecule has 0 radical (unpaired) electrons. The van der Waals surface area contributed by atoms with Crippen molar-refractivity contribution in [3.63, 3.8) is 0 Å². The second-order valence-electron chi connectivity index (χ2n) is 2.95. The van der Waals surface area contributed by atoms with Crippen molar-refractivity contribution in [1.82, 2.24) is 0 Å². The van der Waals surface area contributed by atoms with E-state index in [1.54, 1.807) is 31.2 Å². The van der Waals surface area contributed by atoms with Gasteiger partial charge in [-0.1, -0.05) is 6.07 Å². The maximum Gasteiger partial charge on any atom is 0.343 e. The molecule has 13 heavy (non-hydrogen) atoms. The molecule has 1 aromatic heterocycles. The first kappa shape index (κ1) is 7.86. The van der Waals surface area contributed by atoms with Crippen LogP contribution in [0.3, 0.4) is 0 Å². The van der Waals surface area contributed by atoms with E-state index in [9.17, 15) is 4.79 Å². The second kappa shape index (κ2) is 2.62. The quantitative estimate of drug-likeness (QED) is 0.620. The van der Waals surface area contributed by atoms with Gasteiger partial charge >= 0.3 is 5.63 Å². The minimum absolute atomic E-state index is 0.331. The third kappa shape index (κ3) is 1.18. The molecule has 1 heterocycles. The molecule has 0 atom stereocenters. The van der Waals surface area contributed by atoms with Gasteiger partial charge < -0.3 is 10.2 Å². The maximum absolute atomic E-state index is 11.3. The van der Waals surface area contributed by atoms with Crippen LogP contribution in [0.15, 0.2) is 33.5 Å². The number of nitrogens with two attached hydrogens (primary N) is 1. The smallest absolute Gasteiger partial charge is 0.343 e. The van der Waals surface area contributed by atoms with Gasteiger partial charge in [0, 0.05) is 11.1 Å². The van der Waals surface area contributed by atoms with Gasteiger partial charge in [-0.2, -0.15) is 0 Å². The fourth-order valence-corrected chi connectivity index (χ4v) is 1.36. The minimum atomic E-state index is -0.331. The molecule has 0 amide bonds. The normalized spacial score (nSPS) is 10.5. The third-order valence-electron chi connectivity index (χ3n) is 1.96. The van der Waals surface area contributed by atoms with Crippen molar-refractivity contribution in [2.24, 2.45) is 0 Å². The molecule has 2 aromatic rings. The molecule has 0 bridgehead atoms. The Kier molecular flexibility index (Phi) is 1.59. The Hall–Kier alpha value is -1.77. The summed E-state index contributed by atoms with van der Waals surface area (Å²) in [6.07, 6.45) is 0. The Morgan fingerprint density at radius 2 is 2.08 bits per heavy atom. The standard InChI is InChI=1S/C10H9NO2/c1-6-5-8-7(10(12)13-6)3-2-4-9(8)11/h2-5H,11H2,1H3. The van der Waals surface area contributed by atoms with E-state index in [0.29, 0.717) is 16.8 Å². The zero-order chi connectivity index (χ0) is 9.42. The number of aryl methyl sites for hydroxylation is 1. The third-order valence-corrected chi connectivity index (χ3v) is 1.96. The van der Waals surface area contributed by atoms with Crippen LogP contribution in [-0.4, -0.2) is 0 Å². The van der Waals surface area contributed by atoms with Gasteiger partial charge in [-0.05, 0) is 25.1 Å². The van der Waals surface area contributed by atoms with Crippen LogP contribution in [0.4, 0.5) is 5.69 Å². The largest absolute Gasteiger partial charge is 0.428 e. The number of rotatable bonds is 0. The molecule has 0 aliphatic heterocycles. The molecular weight excluding hydrogens is 166 g/mol. The molecule has 1 aromatic carbocycles. The van der Waals surface area contributed by atoms with Crippen LogP contribution in [0.1, 0.15) is 5.76 Å². The van der Waals surface area contributed by atoms with E-state index in [1.165, 1.54) is 0 Å². The summed E-state index contributed by atoms with van der Waals surface area (Å²) in [5.74, 6) is 0.579. The van der Waals surface area contributed by atoms with Gasteiger partial charge in [0.2, 0.25) is 0 Å². The number of nitrogen functional groups attached to an aromatic ring is 1. The van der Waals surface area contributed by atoms with Crippen molar-refractivity contribution in [3.05, 3.63) is 40.4 Å². The van der Waals surface area contributed by atoms with Gasteiger partial charge in [0.25, 0.3) is 0 Å². The molecule has 0 saturated heterocycles. The van der Waals surface area contributed by atoms with Crippen LogP contribution in [0.5, 0.6) is 0 Å². The van der Waals surface area contributed by atoms with Gasteiger partial charge in [-0.15, -0.1) is 0 Å². The number of hydrogen-bond acceptors (Lipinski definition) is 3. The van der Waals surface area contributed by atoms with Gasteiger partial charge in [0.05, 0.1) is 5.39 Å². The van der Waals surface area contributed by atoms with Crippen molar-refractivity contribution in [2.75, 3.05) is 5.73 Å². The summed E-state index contributed by atoms with van der Waals surface area (Å²) in [5.41, 5.74) is 5.99. The molecular formula is C10H9NO2. The van der Waals surface area contributed by atoms with E-state index in [2.05, 4.69) is 0 Å². The zero-order valence-electron chi connectivity index (χ0n) is 7.20. The first-order valence-corrected chi connectivity index (χ1v) is 3.97. The van der Waals surface area contributed by atoms with Crippen LogP contribution in [0.2, 0.25) is 0 Å². The van der Waals surface area contributed by atoms with Gasteiger partial charge in [-0.25, -0.2) is 4.79 Å². The lowest BCUT2D eigenvalue weighted by Gasteiger charge is -2.00. The summed E-state index contributed by atoms with van der Waals surface area (Å²) in [7, 11) is 0. The van der Waals surface area contributed by atoms with Gasteiger partial charge in [0.15, 0.2) is 0 Å². The topological polar surface area (TPSA) is 56.2 Å². The Morgan fingerprint density at radius 3 is 2.85 bits per heavy atom. The fraction of sp³-hybridized carbons (Fsp3) is 0.100. The summed E-state index contributed by atoms with van der Waals surface area (Å²) >= 11 is 0. The Labute approximate surface area is 74.8 Å². The monoisotopic (exact) mass is 175 g/mol. The van der Waals surface area contributed by atoms with Crippen molar-refractivity contribution in [1.29, 1.82) is 0 Å². The highest BCUT2D eigenvalue weighted by atomic mass is 16.4. The summed E-state index contributed by atoms with van der Waals surface area (Å²) in [6, 6.07) is 6.98. The molecule has 3 heteroatoms. The number of benzene rings is 1. The number of hydrogen-bond donors (Lipinski definition) is 1. The van der Waals surface area contributed by atoms with Gasteiger partial charge in [0.1, 0.15) is 5.76 Å². The Bertz CT molecular complexity index is 514. The second-order valence-corrected chi connectivity index (χ2v) is 2.95. The fourth-order valence-electron chi connectivity index (χ4n) is 1.36. The molecule has 2 rings (SSSR count). The zero-order valence-corrected chi connectivity index (χ0v) is 7.20. The van der Waals surface area contributed by atoms with Crippen LogP contribution in [0.25, 0.3) is 10.8 Å². The summed E-state index contributed by atoms with van der Waals surface area (Å²) in [4.78, 5) is 11.3. The predicted octanol–water partition coefficient (Wildman–Crippen LogP) is 1.68. The molecule has 66 valence electrons. The molecule has 0 saturated carbocycles. The average Bonchev–Trinajstić information content (AvgIpc) is 2.07. The average molecular weight is 175 g/mol. The summed E-state index contributed by atoms with van der Waals surface area (Å²) in [5, 5.41) is 1.29. The van der Waals surface area contributed by atoms with Crippen LogP contribution in [0, 0.1) is 6.92 Å². The highest BCUT2D eigenvalue weighted by molar-refractivity contribution is 5.91. The first-order chi connectivity index (χ1) is 6.18. The number of fused-ring (bicyclic) bond motifs is 1. The Morgan fingerprint density at radius 1 is 1.31 bits per heavy atom. The van der Waals surface area contributed by atoms with E-state index < -0.39 is 0 Å². The SMILES string of the molecule is Cc1cc2c(N)cccc2c(=O)o1. The van der Waals surface area contributed by atoms with Crippen LogP contribution in [-0.2, 0) is 0 Å². The molecule has 0 aliphatic rings. The van der Waals surface area contributed by atoms with E-state index in [0.717, 1.165) is 5.39 Å². The van der Waals surface area contributed by atoms with Crippen molar-refractivity contribution in [3.8, 4) is 0 Å². The summed E-state index contributed by atoms with van der Waals surface area (Å²) < 4.78 is 4.93. The molecule has 0 spiro atoms. The lowest BCUT2D eigenvalue weighted by molar-refractivity contribution is 0.488. The molecule has 3 nitrogen and oxygen atoms in total. The van der Waals surface area contributed by atoms with E-state index in [-0.39, 0.29) is 5.63 Å². The first-order valence-electron chi connectivity index (χ1n) is 3.97. The van der Waals surface area contributed by atoms with E-state index in [4.69, 9.17) is 10.2 Å². The molecule has 0 unspecified atom stereocenters. The van der Waals surface area contributed by atoms with E-state index >= 15 is 0 Å². The van der Waals surface area contributed by atoms with E-state index in [1.807, 2.05) is 0 Å². The highest BCUT2D eigenvalue weighted by Gasteiger charge is 2.03. The minimum Gasteiger partial charge on any atom is -0.428 e. The summed E-state index contributed by atoms with van der Waals surface area (Å²) in [6.45, 7) is 1.73.